The van der Waals surface area contributed by atoms with Gasteiger partial charge < -0.3 is 34.7 Å². The Bertz CT molecular complexity index is 2050. The molecular formula is C38H39F3N6O5. The quantitative estimate of drug-likeness (QED) is 0.154. The minimum atomic E-state index is -4.66. The highest BCUT2D eigenvalue weighted by atomic mass is 19.4. The van der Waals surface area contributed by atoms with Crippen molar-refractivity contribution in [1.82, 2.24) is 14.9 Å². The van der Waals surface area contributed by atoms with Crippen molar-refractivity contribution in [2.75, 3.05) is 37.5 Å². The summed E-state index contributed by atoms with van der Waals surface area (Å²) in [6.07, 6.45) is 1.79. The van der Waals surface area contributed by atoms with Crippen LogP contribution in [-0.2, 0) is 38.8 Å². The molecule has 1 aliphatic carbocycles. The van der Waals surface area contributed by atoms with Gasteiger partial charge in [-0.15, -0.1) is 0 Å². The van der Waals surface area contributed by atoms with E-state index in [2.05, 4.69) is 27.9 Å². The van der Waals surface area contributed by atoms with Crippen LogP contribution in [0.5, 0.6) is 0 Å². The number of ether oxygens (including phenoxy) is 3. The van der Waals surface area contributed by atoms with E-state index in [4.69, 9.17) is 14.2 Å². The van der Waals surface area contributed by atoms with Crippen LogP contribution in [0.1, 0.15) is 59.9 Å². The van der Waals surface area contributed by atoms with Crippen molar-refractivity contribution in [3.63, 3.8) is 0 Å². The molecule has 1 aromatic heterocycles. The second-order valence-corrected chi connectivity index (χ2v) is 13.3. The minimum absolute atomic E-state index is 0.0626. The van der Waals surface area contributed by atoms with E-state index in [1.165, 1.54) is 55.7 Å². The van der Waals surface area contributed by atoms with Gasteiger partial charge in [0.25, 0.3) is 5.91 Å². The molecule has 4 aromatic rings. The van der Waals surface area contributed by atoms with Crippen LogP contribution < -0.4 is 16.0 Å². The summed E-state index contributed by atoms with van der Waals surface area (Å²) in [7, 11) is 3.11. The number of nitriles is 1. The van der Waals surface area contributed by atoms with Crippen LogP contribution in [-0.4, -0.2) is 59.6 Å². The zero-order chi connectivity index (χ0) is 37.1. The number of carbonyl (C=O) groups excluding carboxylic acids is 2. The number of aryl methyl sites for hydroxylation is 1. The van der Waals surface area contributed by atoms with Crippen LogP contribution in [0.3, 0.4) is 0 Å². The van der Waals surface area contributed by atoms with Gasteiger partial charge >= 0.3 is 6.18 Å². The van der Waals surface area contributed by atoms with Crippen molar-refractivity contribution in [3.05, 3.63) is 89.3 Å². The Morgan fingerprint density at radius 1 is 1.06 bits per heavy atom. The fourth-order valence-electron chi connectivity index (χ4n) is 6.67. The summed E-state index contributed by atoms with van der Waals surface area (Å²) in [6, 6.07) is 14.7. The first kappa shape index (κ1) is 36.7. The molecule has 6 rings (SSSR count). The monoisotopic (exact) mass is 716 g/mol. The summed E-state index contributed by atoms with van der Waals surface area (Å²) >= 11 is 0. The number of hydrogen-bond acceptors (Lipinski definition) is 8. The molecule has 1 aliphatic heterocycles. The molecule has 1 saturated heterocycles. The number of halogens is 3. The maximum absolute atomic E-state index is 14.3. The van der Waals surface area contributed by atoms with E-state index in [-0.39, 0.29) is 45.8 Å². The number of alkyl halides is 3. The third-order valence-corrected chi connectivity index (χ3v) is 9.63. The number of aromatic nitrogens is 2. The fraction of sp³-hybridized carbons (Fsp3) is 0.368. The van der Waals surface area contributed by atoms with E-state index in [0.29, 0.717) is 36.6 Å². The first-order valence-corrected chi connectivity index (χ1v) is 16.8. The van der Waals surface area contributed by atoms with Crippen LogP contribution >= 0.6 is 0 Å². The number of rotatable bonds is 10. The maximum atomic E-state index is 14.3. The van der Waals surface area contributed by atoms with E-state index >= 15 is 0 Å². The molecule has 11 nitrogen and oxygen atoms in total. The molecule has 272 valence electrons. The molecule has 0 bridgehead atoms. The van der Waals surface area contributed by atoms with Gasteiger partial charge in [-0.2, -0.15) is 18.4 Å². The minimum Gasteiger partial charge on any atom is -0.377 e. The number of benzene rings is 3. The summed E-state index contributed by atoms with van der Waals surface area (Å²) in [5, 5.41) is 18.7. The Balaban J connectivity index is 1.10. The lowest BCUT2D eigenvalue weighted by Crippen LogP contribution is -2.50. The average Bonchev–Trinajstić information content (AvgIpc) is 3.71. The number of hydrogen-bond donors (Lipinski definition) is 3. The number of carbonyl (C=O) groups is 2. The smallest absolute Gasteiger partial charge is 0.377 e. The molecule has 3 N–H and O–H groups in total. The maximum Gasteiger partial charge on any atom is 0.417 e. The largest absolute Gasteiger partial charge is 0.417 e. The van der Waals surface area contributed by atoms with Gasteiger partial charge in [0, 0.05) is 56.4 Å². The molecule has 2 amide bonds. The van der Waals surface area contributed by atoms with Crippen molar-refractivity contribution < 1.29 is 37.0 Å². The predicted octanol–water partition coefficient (Wildman–Crippen LogP) is 6.69. The van der Waals surface area contributed by atoms with Crippen molar-refractivity contribution in [3.8, 4) is 17.2 Å². The second-order valence-electron chi connectivity index (χ2n) is 13.3. The topological polar surface area (TPSA) is 140 Å². The van der Waals surface area contributed by atoms with Gasteiger partial charge in [-0.25, -0.2) is 4.98 Å². The van der Waals surface area contributed by atoms with E-state index in [0.717, 1.165) is 31.7 Å². The number of nitrogens with one attached hydrogen (secondary N) is 3. The van der Waals surface area contributed by atoms with Crippen molar-refractivity contribution in [1.29, 1.82) is 5.26 Å². The number of methoxy groups -OCH3 is 1. The third kappa shape index (κ3) is 8.03. The normalized spacial score (nSPS) is 16.7. The number of nitrogens with zero attached hydrogens (tertiary/aromatic N) is 3. The van der Waals surface area contributed by atoms with Gasteiger partial charge in [-0.05, 0) is 73.4 Å². The molecule has 2 fully saturated rings. The standard InChI is InChI=1S/C38H39F3N6O5/c1-36(11-13-37(14-12-36)51-16-17-52-37)43-15-5-8-34(48)46-30-10-9-25(18-26(30)22-42)35(49)44-27-7-4-6-24(19-27)28-20-31-32(21-29(28)38(39,40)41)47(2)33(45-31)23-50-3/h4-10,18-21,43H,11-17,23H2,1-3H3,(H,44,49)(H,46,48)/b8-5+. The Labute approximate surface area is 298 Å². The predicted molar refractivity (Wildman–Crippen MR) is 188 cm³/mol. The molecule has 14 heteroatoms. The van der Waals surface area contributed by atoms with Crippen molar-refractivity contribution in [2.24, 2.45) is 7.05 Å². The molecule has 0 radical (unpaired) electrons. The Morgan fingerprint density at radius 2 is 1.81 bits per heavy atom. The molecule has 2 heterocycles. The molecule has 1 saturated carbocycles. The van der Waals surface area contributed by atoms with E-state index in [1.54, 1.807) is 23.8 Å². The van der Waals surface area contributed by atoms with Gasteiger partial charge in [-0.3, -0.25) is 9.59 Å². The number of anilines is 2. The first-order valence-electron chi connectivity index (χ1n) is 16.8. The zero-order valence-corrected chi connectivity index (χ0v) is 29.0. The summed E-state index contributed by atoms with van der Waals surface area (Å²) in [5.41, 5.74) is 0.493. The highest BCUT2D eigenvalue weighted by Crippen LogP contribution is 2.41. The number of fused-ring (bicyclic) bond motifs is 1. The fourth-order valence-corrected chi connectivity index (χ4v) is 6.67. The molecule has 52 heavy (non-hydrogen) atoms. The summed E-state index contributed by atoms with van der Waals surface area (Å²) in [4.78, 5) is 30.3. The SMILES string of the molecule is COCc1nc2cc(-c3cccc(NC(=O)c4ccc(NC(=O)/C=C/CNC5(C)CCC6(CC5)OCCO6)c(C#N)c4)c3)c(C(F)(F)F)cc2n1C. The molecule has 0 atom stereocenters. The molecule has 3 aromatic carbocycles. The average molecular weight is 717 g/mol. The third-order valence-electron chi connectivity index (χ3n) is 9.63. The zero-order valence-electron chi connectivity index (χ0n) is 29.0. The lowest BCUT2D eigenvalue weighted by molar-refractivity contribution is -0.185. The summed E-state index contributed by atoms with van der Waals surface area (Å²) in [6.45, 7) is 3.99. The van der Waals surface area contributed by atoms with Crippen LogP contribution in [0.2, 0.25) is 0 Å². The molecular weight excluding hydrogens is 677 g/mol. The number of amides is 2. The first-order chi connectivity index (χ1) is 24.8. The lowest BCUT2D eigenvalue weighted by Gasteiger charge is -2.42. The molecule has 2 aliphatic rings. The Morgan fingerprint density at radius 3 is 2.50 bits per heavy atom. The lowest BCUT2D eigenvalue weighted by atomic mass is 9.80. The second kappa shape index (κ2) is 14.9. The van der Waals surface area contributed by atoms with Crippen LogP contribution in [0.4, 0.5) is 24.5 Å². The van der Waals surface area contributed by atoms with E-state index < -0.39 is 29.3 Å². The molecule has 1 spiro atoms. The molecule has 0 unspecified atom stereocenters. The number of imidazole rings is 1. The highest BCUT2D eigenvalue weighted by molar-refractivity contribution is 6.06. The van der Waals surface area contributed by atoms with E-state index in [1.807, 2.05) is 6.07 Å². The summed E-state index contributed by atoms with van der Waals surface area (Å²) < 4.78 is 61.1. The van der Waals surface area contributed by atoms with Crippen LogP contribution in [0.25, 0.3) is 22.2 Å². The summed E-state index contributed by atoms with van der Waals surface area (Å²) in [5.74, 6) is -1.01. The van der Waals surface area contributed by atoms with Crippen molar-refractivity contribution >= 4 is 34.2 Å². The van der Waals surface area contributed by atoms with Crippen molar-refractivity contribution in [2.45, 2.75) is 56.7 Å². The van der Waals surface area contributed by atoms with E-state index in [9.17, 15) is 28.0 Å². The Kier molecular flexibility index (Phi) is 10.5. The van der Waals surface area contributed by atoms with Gasteiger partial charge in [0.2, 0.25) is 5.91 Å². The van der Waals surface area contributed by atoms with Gasteiger partial charge in [-0.1, -0.05) is 18.2 Å². The Hall–Kier alpha value is -5.07. The van der Waals surface area contributed by atoms with Gasteiger partial charge in [0.05, 0.1) is 41.1 Å². The highest BCUT2D eigenvalue weighted by Gasteiger charge is 2.44. The van der Waals surface area contributed by atoms with Gasteiger partial charge in [0.1, 0.15) is 18.5 Å². The van der Waals surface area contributed by atoms with Gasteiger partial charge in [0.15, 0.2) is 5.79 Å². The van der Waals surface area contributed by atoms with Crippen LogP contribution in [0.15, 0.2) is 66.7 Å². The van der Waals surface area contributed by atoms with Crippen LogP contribution in [0, 0.1) is 11.3 Å².